The molecule has 4 rings (SSSR count). The first kappa shape index (κ1) is 15.2. The molecular formula is C19H22N4O. The standard InChI is InChI=1S/C19H22N4O/c1-13-5-3-6-16(21-13)18(24)23-10-4-8-19(12-23)9-7-15-11-20-14(2)22-17(15)19/h3,5-6,11H,4,7-10,12H2,1-2H3. The molecule has 124 valence electrons. The van der Waals surface area contributed by atoms with E-state index in [1.807, 2.05) is 43.1 Å². The van der Waals surface area contributed by atoms with Crippen molar-refractivity contribution in [1.29, 1.82) is 0 Å². The lowest BCUT2D eigenvalue weighted by atomic mass is 9.77. The summed E-state index contributed by atoms with van der Waals surface area (Å²) in [5.41, 5.74) is 3.85. The van der Waals surface area contributed by atoms with Gasteiger partial charge in [0, 0.05) is 30.4 Å². The molecule has 3 heterocycles. The zero-order valence-electron chi connectivity index (χ0n) is 14.2. The predicted octanol–water partition coefficient (Wildman–Crippen LogP) is 2.61. The number of aromatic nitrogens is 3. The van der Waals surface area contributed by atoms with Gasteiger partial charge in [0.15, 0.2) is 0 Å². The third-order valence-electron chi connectivity index (χ3n) is 5.33. The highest BCUT2D eigenvalue weighted by molar-refractivity contribution is 5.92. The molecule has 1 spiro atoms. The van der Waals surface area contributed by atoms with Gasteiger partial charge in [-0.05, 0) is 57.2 Å². The molecule has 0 aromatic carbocycles. The Morgan fingerprint density at radius 3 is 2.92 bits per heavy atom. The molecule has 0 radical (unpaired) electrons. The van der Waals surface area contributed by atoms with Gasteiger partial charge in [0.25, 0.3) is 5.91 Å². The van der Waals surface area contributed by atoms with Gasteiger partial charge < -0.3 is 4.90 Å². The van der Waals surface area contributed by atoms with E-state index < -0.39 is 0 Å². The molecule has 1 amide bonds. The summed E-state index contributed by atoms with van der Waals surface area (Å²) in [7, 11) is 0. The fourth-order valence-corrected chi connectivity index (χ4v) is 4.16. The minimum Gasteiger partial charge on any atom is -0.336 e. The molecule has 24 heavy (non-hydrogen) atoms. The van der Waals surface area contributed by atoms with Crippen LogP contribution in [0.5, 0.6) is 0 Å². The Labute approximate surface area is 142 Å². The van der Waals surface area contributed by atoms with E-state index in [9.17, 15) is 4.79 Å². The zero-order chi connectivity index (χ0) is 16.7. The van der Waals surface area contributed by atoms with Gasteiger partial charge in [0.1, 0.15) is 11.5 Å². The molecule has 1 aliphatic heterocycles. The number of rotatable bonds is 1. The Hall–Kier alpha value is -2.30. The lowest BCUT2D eigenvalue weighted by molar-refractivity contribution is 0.0627. The van der Waals surface area contributed by atoms with E-state index in [0.717, 1.165) is 50.3 Å². The number of aryl methyl sites for hydroxylation is 3. The number of likely N-dealkylation sites (tertiary alicyclic amines) is 1. The van der Waals surface area contributed by atoms with Gasteiger partial charge in [-0.25, -0.2) is 15.0 Å². The van der Waals surface area contributed by atoms with E-state index in [1.165, 1.54) is 11.3 Å². The second-order valence-corrected chi connectivity index (χ2v) is 7.07. The summed E-state index contributed by atoms with van der Waals surface area (Å²) in [6, 6.07) is 5.63. The minimum absolute atomic E-state index is 0.000762. The van der Waals surface area contributed by atoms with Crippen LogP contribution in [0.3, 0.4) is 0 Å². The summed E-state index contributed by atoms with van der Waals surface area (Å²) >= 11 is 0. The van der Waals surface area contributed by atoms with Crippen LogP contribution in [0.4, 0.5) is 0 Å². The van der Waals surface area contributed by atoms with Crippen molar-refractivity contribution >= 4 is 5.91 Å². The highest BCUT2D eigenvalue weighted by Gasteiger charge is 2.44. The number of pyridine rings is 1. The summed E-state index contributed by atoms with van der Waals surface area (Å²) in [4.78, 5) is 28.4. The molecule has 1 saturated heterocycles. The Kier molecular flexibility index (Phi) is 3.59. The molecule has 2 aromatic rings. The Bertz CT molecular complexity index is 800. The lowest BCUT2D eigenvalue weighted by Gasteiger charge is -2.40. The van der Waals surface area contributed by atoms with Crippen molar-refractivity contribution in [1.82, 2.24) is 19.9 Å². The van der Waals surface area contributed by atoms with Gasteiger partial charge in [-0.15, -0.1) is 0 Å². The maximum atomic E-state index is 12.9. The normalized spacial score (nSPS) is 22.7. The maximum absolute atomic E-state index is 12.9. The molecule has 0 saturated carbocycles. The number of amides is 1. The van der Waals surface area contributed by atoms with Crippen LogP contribution in [0.25, 0.3) is 0 Å². The molecule has 5 heteroatoms. The smallest absolute Gasteiger partial charge is 0.272 e. The average Bonchev–Trinajstić information content (AvgIpc) is 2.92. The molecule has 2 aliphatic rings. The quantitative estimate of drug-likeness (QED) is 0.810. The Morgan fingerprint density at radius 1 is 1.21 bits per heavy atom. The first-order valence-electron chi connectivity index (χ1n) is 8.63. The lowest BCUT2D eigenvalue weighted by Crippen LogP contribution is -2.48. The van der Waals surface area contributed by atoms with Crippen molar-refractivity contribution in [3.05, 3.63) is 52.9 Å². The second kappa shape index (κ2) is 5.65. The minimum atomic E-state index is 0.000762. The molecule has 1 unspecified atom stereocenters. The molecule has 5 nitrogen and oxygen atoms in total. The van der Waals surface area contributed by atoms with Gasteiger partial charge in [-0.1, -0.05) is 6.07 Å². The third-order valence-corrected chi connectivity index (χ3v) is 5.33. The highest BCUT2D eigenvalue weighted by atomic mass is 16.2. The average molecular weight is 322 g/mol. The SMILES string of the molecule is Cc1cccc(C(=O)N2CCCC3(CCc4cnc(C)nc43)C2)n1. The van der Waals surface area contributed by atoms with E-state index in [1.54, 1.807) is 0 Å². The van der Waals surface area contributed by atoms with E-state index in [2.05, 4.69) is 9.97 Å². The molecular weight excluding hydrogens is 300 g/mol. The fourth-order valence-electron chi connectivity index (χ4n) is 4.16. The van der Waals surface area contributed by atoms with Crippen LogP contribution in [-0.2, 0) is 11.8 Å². The zero-order valence-corrected chi connectivity index (χ0v) is 14.2. The topological polar surface area (TPSA) is 59.0 Å². The van der Waals surface area contributed by atoms with Gasteiger partial charge in [0.2, 0.25) is 0 Å². The van der Waals surface area contributed by atoms with Crippen LogP contribution < -0.4 is 0 Å². The van der Waals surface area contributed by atoms with Crippen LogP contribution >= 0.6 is 0 Å². The van der Waals surface area contributed by atoms with Gasteiger partial charge in [0.05, 0.1) is 5.69 Å². The second-order valence-electron chi connectivity index (χ2n) is 7.07. The van der Waals surface area contributed by atoms with Crippen LogP contribution in [-0.4, -0.2) is 38.8 Å². The Balaban J connectivity index is 1.64. The number of nitrogens with zero attached hydrogens (tertiary/aromatic N) is 4. The maximum Gasteiger partial charge on any atom is 0.272 e. The molecule has 1 fully saturated rings. The Morgan fingerprint density at radius 2 is 2.08 bits per heavy atom. The monoisotopic (exact) mass is 322 g/mol. The van der Waals surface area contributed by atoms with Gasteiger partial charge in [-0.2, -0.15) is 0 Å². The van der Waals surface area contributed by atoms with E-state index in [0.29, 0.717) is 5.69 Å². The van der Waals surface area contributed by atoms with Crippen LogP contribution in [0.2, 0.25) is 0 Å². The van der Waals surface area contributed by atoms with Gasteiger partial charge >= 0.3 is 0 Å². The number of carbonyl (C=O) groups is 1. The van der Waals surface area contributed by atoms with E-state index >= 15 is 0 Å². The number of carbonyl (C=O) groups excluding carboxylic acids is 1. The summed E-state index contributed by atoms with van der Waals surface area (Å²) in [5.74, 6) is 0.857. The van der Waals surface area contributed by atoms with Crippen LogP contribution in [0, 0.1) is 13.8 Å². The molecule has 1 aliphatic carbocycles. The highest BCUT2D eigenvalue weighted by Crippen LogP contribution is 2.43. The fraction of sp³-hybridized carbons (Fsp3) is 0.474. The summed E-state index contributed by atoms with van der Waals surface area (Å²) < 4.78 is 0. The molecule has 2 aromatic heterocycles. The van der Waals surface area contributed by atoms with E-state index in [-0.39, 0.29) is 11.3 Å². The first-order chi connectivity index (χ1) is 11.6. The summed E-state index contributed by atoms with van der Waals surface area (Å²) in [6.45, 7) is 5.40. The number of hydrogen-bond acceptors (Lipinski definition) is 4. The summed E-state index contributed by atoms with van der Waals surface area (Å²) in [5, 5.41) is 0. The van der Waals surface area contributed by atoms with Gasteiger partial charge in [-0.3, -0.25) is 4.79 Å². The third kappa shape index (κ3) is 2.48. The van der Waals surface area contributed by atoms with Crippen molar-refractivity contribution in [2.75, 3.05) is 13.1 Å². The number of fused-ring (bicyclic) bond motifs is 2. The predicted molar refractivity (Wildman–Crippen MR) is 90.9 cm³/mol. The largest absolute Gasteiger partial charge is 0.336 e. The number of piperidine rings is 1. The summed E-state index contributed by atoms with van der Waals surface area (Å²) in [6.07, 6.45) is 6.16. The first-order valence-corrected chi connectivity index (χ1v) is 8.63. The van der Waals surface area contributed by atoms with Crippen molar-refractivity contribution in [2.24, 2.45) is 0 Å². The van der Waals surface area contributed by atoms with Crippen molar-refractivity contribution in [2.45, 2.75) is 44.9 Å². The molecule has 1 atom stereocenters. The molecule has 0 bridgehead atoms. The van der Waals surface area contributed by atoms with Crippen molar-refractivity contribution in [3.8, 4) is 0 Å². The molecule has 0 N–H and O–H groups in total. The van der Waals surface area contributed by atoms with Crippen molar-refractivity contribution < 1.29 is 4.79 Å². The van der Waals surface area contributed by atoms with Crippen LogP contribution in [0.15, 0.2) is 24.4 Å². The number of hydrogen-bond donors (Lipinski definition) is 0. The van der Waals surface area contributed by atoms with Crippen LogP contribution in [0.1, 0.15) is 52.5 Å². The van der Waals surface area contributed by atoms with Crippen molar-refractivity contribution in [3.63, 3.8) is 0 Å². The van der Waals surface area contributed by atoms with E-state index in [4.69, 9.17) is 4.98 Å².